The number of carbonyl (C=O) groups is 1. The minimum absolute atomic E-state index is 0.0143. The van der Waals surface area contributed by atoms with Crippen molar-refractivity contribution in [2.45, 2.75) is 25.1 Å². The van der Waals surface area contributed by atoms with Crippen LogP contribution in [-0.4, -0.2) is 46.5 Å². The van der Waals surface area contributed by atoms with Crippen LogP contribution in [0.1, 0.15) is 24.0 Å². The molecule has 0 spiro atoms. The van der Waals surface area contributed by atoms with Crippen molar-refractivity contribution in [3.63, 3.8) is 0 Å². The molecule has 3 heterocycles. The molecule has 8 nitrogen and oxygen atoms in total. The Labute approximate surface area is 182 Å². The Morgan fingerprint density at radius 2 is 1.71 bits per heavy atom. The molecule has 1 amide bonds. The van der Waals surface area contributed by atoms with Gasteiger partial charge in [0.05, 0.1) is 12.3 Å². The van der Waals surface area contributed by atoms with Gasteiger partial charge in [-0.3, -0.25) is 14.5 Å². The maximum atomic E-state index is 12.7. The summed E-state index contributed by atoms with van der Waals surface area (Å²) in [6.45, 7) is 1.30. The highest BCUT2D eigenvalue weighted by atomic mass is 32.2. The lowest BCUT2D eigenvalue weighted by molar-refractivity contribution is -0.120. The standard InChI is InChI=1S/C22H25N5O3S/c28-22(24-21-10-13-26(25-21)16-18-6-11-23-12-7-18)20-8-14-27(15-9-20)31(29,30)17-19-4-2-1-3-5-19/h1-7,10-13,20H,8-9,14-17H2,(H,24,25,28). The predicted octanol–water partition coefficient (Wildman–Crippen LogP) is 2.51. The molecule has 0 aliphatic carbocycles. The molecule has 1 N–H and O–H groups in total. The first kappa shape index (κ1) is 21.2. The van der Waals surface area contributed by atoms with E-state index in [0.29, 0.717) is 38.3 Å². The minimum atomic E-state index is -3.39. The Kier molecular flexibility index (Phi) is 6.43. The molecular formula is C22H25N5O3S. The van der Waals surface area contributed by atoms with Gasteiger partial charge in [-0.1, -0.05) is 30.3 Å². The second-order valence-corrected chi connectivity index (χ2v) is 9.63. The van der Waals surface area contributed by atoms with E-state index in [9.17, 15) is 13.2 Å². The topological polar surface area (TPSA) is 97.2 Å². The van der Waals surface area contributed by atoms with Gasteiger partial charge in [0.25, 0.3) is 0 Å². The van der Waals surface area contributed by atoms with E-state index in [1.165, 1.54) is 4.31 Å². The first-order valence-electron chi connectivity index (χ1n) is 10.2. The Hall–Kier alpha value is -3.04. The largest absolute Gasteiger partial charge is 0.309 e. The normalized spacial score (nSPS) is 15.6. The second kappa shape index (κ2) is 9.40. The molecule has 9 heteroatoms. The third-order valence-electron chi connectivity index (χ3n) is 5.40. The van der Waals surface area contributed by atoms with Crippen molar-refractivity contribution < 1.29 is 13.2 Å². The molecule has 0 bridgehead atoms. The summed E-state index contributed by atoms with van der Waals surface area (Å²) in [5.41, 5.74) is 1.84. The van der Waals surface area contributed by atoms with Crippen LogP contribution in [0.5, 0.6) is 0 Å². The van der Waals surface area contributed by atoms with Gasteiger partial charge in [0.2, 0.25) is 15.9 Å². The molecule has 0 unspecified atom stereocenters. The van der Waals surface area contributed by atoms with Crippen LogP contribution in [-0.2, 0) is 27.1 Å². The Morgan fingerprint density at radius 1 is 1.00 bits per heavy atom. The molecule has 4 rings (SSSR count). The number of aromatic nitrogens is 3. The molecule has 1 aliphatic rings. The fourth-order valence-corrected chi connectivity index (χ4v) is 5.26. The number of hydrogen-bond acceptors (Lipinski definition) is 5. The van der Waals surface area contributed by atoms with Gasteiger partial charge < -0.3 is 5.32 Å². The fraction of sp³-hybridized carbons (Fsp3) is 0.318. The summed E-state index contributed by atoms with van der Waals surface area (Å²) in [7, 11) is -3.39. The summed E-state index contributed by atoms with van der Waals surface area (Å²) in [6, 6.07) is 14.7. The molecule has 0 atom stereocenters. The lowest BCUT2D eigenvalue weighted by atomic mass is 9.97. The zero-order valence-corrected chi connectivity index (χ0v) is 17.9. The van der Waals surface area contributed by atoms with Crippen LogP contribution in [0.2, 0.25) is 0 Å². The van der Waals surface area contributed by atoms with Crippen molar-refractivity contribution in [3.8, 4) is 0 Å². The van der Waals surface area contributed by atoms with Gasteiger partial charge in [-0.05, 0) is 36.1 Å². The van der Waals surface area contributed by atoms with Gasteiger partial charge in [-0.25, -0.2) is 12.7 Å². The van der Waals surface area contributed by atoms with E-state index in [1.807, 2.05) is 48.7 Å². The summed E-state index contributed by atoms with van der Waals surface area (Å²) in [6.07, 6.45) is 6.27. The fourth-order valence-electron chi connectivity index (χ4n) is 3.69. The summed E-state index contributed by atoms with van der Waals surface area (Å²) in [4.78, 5) is 16.6. The lowest BCUT2D eigenvalue weighted by Crippen LogP contribution is -2.41. The van der Waals surface area contributed by atoms with E-state index in [2.05, 4.69) is 15.4 Å². The summed E-state index contributed by atoms with van der Waals surface area (Å²) in [5, 5.41) is 7.26. The average molecular weight is 440 g/mol. The molecule has 1 aromatic carbocycles. The monoisotopic (exact) mass is 439 g/mol. The van der Waals surface area contributed by atoms with E-state index >= 15 is 0 Å². The Bertz CT molecular complexity index is 1110. The summed E-state index contributed by atoms with van der Waals surface area (Å²) >= 11 is 0. The lowest BCUT2D eigenvalue weighted by Gasteiger charge is -2.30. The van der Waals surface area contributed by atoms with Crippen LogP contribution >= 0.6 is 0 Å². The van der Waals surface area contributed by atoms with E-state index < -0.39 is 10.0 Å². The van der Waals surface area contributed by atoms with E-state index in [-0.39, 0.29) is 17.6 Å². The highest BCUT2D eigenvalue weighted by Crippen LogP contribution is 2.23. The third kappa shape index (κ3) is 5.56. The van der Waals surface area contributed by atoms with Crippen LogP contribution in [0, 0.1) is 5.92 Å². The van der Waals surface area contributed by atoms with Crippen LogP contribution in [0.4, 0.5) is 5.82 Å². The number of sulfonamides is 1. The van der Waals surface area contributed by atoms with Crippen molar-refractivity contribution in [1.82, 2.24) is 19.1 Å². The smallest absolute Gasteiger partial charge is 0.228 e. The van der Waals surface area contributed by atoms with E-state index in [4.69, 9.17) is 0 Å². The van der Waals surface area contributed by atoms with Crippen LogP contribution in [0.3, 0.4) is 0 Å². The van der Waals surface area contributed by atoms with Gasteiger partial charge in [-0.15, -0.1) is 0 Å². The molecule has 2 aromatic heterocycles. The zero-order chi connectivity index (χ0) is 21.7. The van der Waals surface area contributed by atoms with Crippen molar-refractivity contribution in [2.24, 2.45) is 5.92 Å². The summed E-state index contributed by atoms with van der Waals surface area (Å²) < 4.78 is 28.6. The number of benzene rings is 1. The van der Waals surface area contributed by atoms with Gasteiger partial charge in [-0.2, -0.15) is 5.10 Å². The number of rotatable bonds is 7. The third-order valence-corrected chi connectivity index (χ3v) is 7.25. The molecule has 0 radical (unpaired) electrons. The predicted molar refractivity (Wildman–Crippen MR) is 118 cm³/mol. The van der Waals surface area contributed by atoms with E-state index in [0.717, 1.165) is 11.1 Å². The second-order valence-electron chi connectivity index (χ2n) is 7.66. The van der Waals surface area contributed by atoms with Crippen molar-refractivity contribution >= 4 is 21.7 Å². The van der Waals surface area contributed by atoms with Gasteiger partial charge >= 0.3 is 0 Å². The average Bonchev–Trinajstić information content (AvgIpc) is 3.21. The highest BCUT2D eigenvalue weighted by molar-refractivity contribution is 7.88. The first-order valence-corrected chi connectivity index (χ1v) is 11.9. The van der Waals surface area contributed by atoms with Crippen LogP contribution in [0.25, 0.3) is 0 Å². The van der Waals surface area contributed by atoms with E-state index in [1.54, 1.807) is 23.1 Å². The Balaban J connectivity index is 1.28. The molecule has 162 valence electrons. The Morgan fingerprint density at radius 3 is 2.42 bits per heavy atom. The molecule has 0 saturated carbocycles. The minimum Gasteiger partial charge on any atom is -0.309 e. The molecular weight excluding hydrogens is 414 g/mol. The van der Waals surface area contributed by atoms with Crippen molar-refractivity contribution in [2.75, 3.05) is 18.4 Å². The number of carbonyl (C=O) groups excluding carboxylic acids is 1. The maximum absolute atomic E-state index is 12.7. The number of hydrogen-bond donors (Lipinski definition) is 1. The maximum Gasteiger partial charge on any atom is 0.228 e. The van der Waals surface area contributed by atoms with Gasteiger partial charge in [0, 0.05) is 43.7 Å². The zero-order valence-electron chi connectivity index (χ0n) is 17.1. The number of piperidine rings is 1. The van der Waals surface area contributed by atoms with Crippen LogP contribution in [0.15, 0.2) is 67.1 Å². The number of pyridine rings is 1. The van der Waals surface area contributed by atoms with Crippen molar-refractivity contribution in [1.29, 1.82) is 0 Å². The number of anilines is 1. The molecule has 31 heavy (non-hydrogen) atoms. The number of nitrogens with one attached hydrogen (secondary N) is 1. The van der Waals surface area contributed by atoms with Gasteiger partial charge in [0.15, 0.2) is 5.82 Å². The van der Waals surface area contributed by atoms with Gasteiger partial charge in [0.1, 0.15) is 0 Å². The first-order chi connectivity index (χ1) is 15.0. The molecule has 3 aromatic rings. The molecule has 1 aliphatic heterocycles. The highest BCUT2D eigenvalue weighted by Gasteiger charge is 2.31. The molecule has 1 saturated heterocycles. The number of amides is 1. The quantitative estimate of drug-likeness (QED) is 0.610. The SMILES string of the molecule is O=C(Nc1ccn(Cc2ccncc2)n1)C1CCN(S(=O)(=O)Cc2ccccc2)CC1. The van der Waals surface area contributed by atoms with Crippen molar-refractivity contribution in [3.05, 3.63) is 78.2 Å². The molecule has 1 fully saturated rings. The number of nitrogens with zero attached hydrogens (tertiary/aromatic N) is 4. The summed E-state index contributed by atoms with van der Waals surface area (Å²) in [5.74, 6) is 0.139. The van der Waals surface area contributed by atoms with Crippen LogP contribution < -0.4 is 5.32 Å².